The molecule has 0 fully saturated rings. The van der Waals surface area contributed by atoms with E-state index in [2.05, 4.69) is 40.2 Å². The van der Waals surface area contributed by atoms with Gasteiger partial charge in [-0.05, 0) is 53.9 Å². The van der Waals surface area contributed by atoms with Crippen molar-refractivity contribution in [1.82, 2.24) is 16.0 Å². The lowest BCUT2D eigenvalue weighted by Gasteiger charge is -2.23. The molecule has 1 aliphatic carbocycles. The summed E-state index contributed by atoms with van der Waals surface area (Å²) in [4.78, 5) is 49.4. The van der Waals surface area contributed by atoms with Crippen molar-refractivity contribution in [3.8, 4) is 11.1 Å². The minimum Gasteiger partial charge on any atom is -0.449 e. The average molecular weight is 537 g/mol. The minimum atomic E-state index is -0.845. The molecule has 39 heavy (non-hydrogen) atoms. The van der Waals surface area contributed by atoms with Gasteiger partial charge in [-0.1, -0.05) is 69.3 Å². The van der Waals surface area contributed by atoms with E-state index in [0.29, 0.717) is 19.3 Å². The Bertz CT molecular complexity index is 1120. The summed E-state index contributed by atoms with van der Waals surface area (Å²) < 4.78 is 5.56. The zero-order chi connectivity index (χ0) is 28.4. The Morgan fingerprint density at radius 3 is 2.10 bits per heavy atom. The van der Waals surface area contributed by atoms with E-state index in [1.807, 2.05) is 45.0 Å². The maximum Gasteiger partial charge on any atom is 0.407 e. The number of carbonyl (C=O) groups excluding carboxylic acids is 4. The van der Waals surface area contributed by atoms with Crippen LogP contribution in [0.15, 0.2) is 48.5 Å². The monoisotopic (exact) mass is 536 g/mol. The Morgan fingerprint density at radius 2 is 1.54 bits per heavy atom. The highest BCUT2D eigenvalue weighted by atomic mass is 16.5. The lowest BCUT2D eigenvalue weighted by atomic mass is 9.98. The van der Waals surface area contributed by atoms with Crippen LogP contribution in [0.1, 0.15) is 69.9 Å². The van der Waals surface area contributed by atoms with Crippen LogP contribution in [0.4, 0.5) is 4.79 Å². The molecule has 5 N–H and O–H groups in total. The summed E-state index contributed by atoms with van der Waals surface area (Å²) in [6, 6.07) is 14.6. The molecule has 0 spiro atoms. The molecular formula is C30H40N4O5. The fraction of sp³-hybridized carbons (Fsp3) is 0.467. The number of ether oxygens (including phenoxy) is 1. The third kappa shape index (κ3) is 8.30. The summed E-state index contributed by atoms with van der Waals surface area (Å²) in [5.74, 6) is -1.22. The number of nitrogens with two attached hydrogens (primary N) is 1. The first-order valence-electron chi connectivity index (χ1n) is 13.7. The zero-order valence-electron chi connectivity index (χ0n) is 23.0. The van der Waals surface area contributed by atoms with Gasteiger partial charge in [0.25, 0.3) is 0 Å². The SMILES string of the molecule is CCCC(=O)N[C@@H](CCCNC(=O)OCC1c2ccccc2-c2ccccc21)C(=O)N[C@@H](CC(C)C)C(N)=O. The van der Waals surface area contributed by atoms with Crippen molar-refractivity contribution in [2.75, 3.05) is 13.2 Å². The van der Waals surface area contributed by atoms with Crippen molar-refractivity contribution >= 4 is 23.8 Å². The summed E-state index contributed by atoms with van der Waals surface area (Å²) in [6.45, 7) is 6.20. The molecule has 0 unspecified atom stereocenters. The van der Waals surface area contributed by atoms with Gasteiger partial charge in [0, 0.05) is 18.9 Å². The predicted molar refractivity (Wildman–Crippen MR) is 150 cm³/mol. The third-order valence-corrected chi connectivity index (χ3v) is 6.78. The molecule has 0 saturated carbocycles. The maximum atomic E-state index is 12.9. The fourth-order valence-electron chi connectivity index (χ4n) is 4.90. The van der Waals surface area contributed by atoms with Crippen molar-refractivity contribution in [3.05, 3.63) is 59.7 Å². The predicted octanol–water partition coefficient (Wildman–Crippen LogP) is 3.61. The Hall–Kier alpha value is -3.88. The second-order valence-electron chi connectivity index (χ2n) is 10.4. The quantitative estimate of drug-likeness (QED) is 0.273. The molecule has 9 heteroatoms. The van der Waals surface area contributed by atoms with E-state index in [1.165, 1.54) is 0 Å². The Morgan fingerprint density at radius 1 is 0.923 bits per heavy atom. The summed E-state index contributed by atoms with van der Waals surface area (Å²) in [6.07, 6.45) is 1.48. The molecule has 1 aliphatic rings. The molecule has 0 radical (unpaired) electrons. The lowest BCUT2D eigenvalue weighted by Crippen LogP contribution is -2.53. The normalized spacial score (nSPS) is 13.6. The molecule has 4 amide bonds. The van der Waals surface area contributed by atoms with Gasteiger partial charge >= 0.3 is 6.09 Å². The van der Waals surface area contributed by atoms with E-state index in [4.69, 9.17) is 10.5 Å². The third-order valence-electron chi connectivity index (χ3n) is 6.78. The molecule has 0 aromatic heterocycles. The van der Waals surface area contributed by atoms with Gasteiger partial charge in [-0.3, -0.25) is 14.4 Å². The molecule has 3 rings (SSSR count). The molecule has 0 saturated heterocycles. The number of alkyl carbamates (subject to hydrolysis) is 1. The number of hydrogen-bond acceptors (Lipinski definition) is 5. The lowest BCUT2D eigenvalue weighted by molar-refractivity contribution is -0.131. The number of nitrogens with one attached hydrogen (secondary N) is 3. The maximum absolute atomic E-state index is 12.9. The number of benzene rings is 2. The Kier molecular flexibility index (Phi) is 10.9. The van der Waals surface area contributed by atoms with Crippen LogP contribution in [0.5, 0.6) is 0 Å². The van der Waals surface area contributed by atoms with Crippen molar-refractivity contribution in [1.29, 1.82) is 0 Å². The number of amides is 4. The van der Waals surface area contributed by atoms with Gasteiger partial charge in [0.1, 0.15) is 18.7 Å². The summed E-state index contributed by atoms with van der Waals surface area (Å²) in [7, 11) is 0. The zero-order valence-corrected chi connectivity index (χ0v) is 23.0. The van der Waals surface area contributed by atoms with Crippen LogP contribution in [0.3, 0.4) is 0 Å². The molecule has 0 bridgehead atoms. The first-order chi connectivity index (χ1) is 18.7. The largest absolute Gasteiger partial charge is 0.449 e. The van der Waals surface area contributed by atoms with Crippen LogP contribution in [0.2, 0.25) is 0 Å². The number of hydrogen-bond donors (Lipinski definition) is 4. The minimum absolute atomic E-state index is 0.0333. The van der Waals surface area contributed by atoms with Gasteiger partial charge in [-0.2, -0.15) is 0 Å². The summed E-state index contributed by atoms with van der Waals surface area (Å²) in [5, 5.41) is 8.14. The van der Waals surface area contributed by atoms with Gasteiger partial charge in [0.05, 0.1) is 0 Å². The van der Waals surface area contributed by atoms with Gasteiger partial charge in [-0.25, -0.2) is 4.79 Å². The van der Waals surface area contributed by atoms with Crippen LogP contribution in [-0.2, 0) is 19.1 Å². The van der Waals surface area contributed by atoms with Crippen LogP contribution in [0.25, 0.3) is 11.1 Å². The highest BCUT2D eigenvalue weighted by Gasteiger charge is 2.29. The number of carbonyl (C=O) groups is 4. The van der Waals surface area contributed by atoms with Crippen LogP contribution in [0, 0.1) is 5.92 Å². The first-order valence-corrected chi connectivity index (χ1v) is 13.7. The van der Waals surface area contributed by atoms with Gasteiger partial charge < -0.3 is 26.4 Å². The molecule has 9 nitrogen and oxygen atoms in total. The molecule has 0 aliphatic heterocycles. The van der Waals surface area contributed by atoms with Crippen LogP contribution >= 0.6 is 0 Å². The number of rotatable bonds is 14. The smallest absolute Gasteiger partial charge is 0.407 e. The second kappa shape index (κ2) is 14.3. The van der Waals surface area contributed by atoms with Crippen molar-refractivity contribution in [2.24, 2.45) is 11.7 Å². The van der Waals surface area contributed by atoms with Gasteiger partial charge in [0.2, 0.25) is 17.7 Å². The number of fused-ring (bicyclic) bond motifs is 3. The fourth-order valence-corrected chi connectivity index (χ4v) is 4.90. The first kappa shape index (κ1) is 29.7. The van der Waals surface area contributed by atoms with E-state index in [1.54, 1.807) is 0 Å². The Labute approximate surface area is 230 Å². The molecular weight excluding hydrogens is 496 g/mol. The van der Waals surface area contributed by atoms with Crippen LogP contribution in [-0.4, -0.2) is 49.1 Å². The van der Waals surface area contributed by atoms with Crippen molar-refractivity contribution in [2.45, 2.75) is 70.9 Å². The van der Waals surface area contributed by atoms with Crippen molar-refractivity contribution < 1.29 is 23.9 Å². The Balaban J connectivity index is 1.51. The van der Waals surface area contributed by atoms with E-state index in [0.717, 1.165) is 22.3 Å². The highest BCUT2D eigenvalue weighted by molar-refractivity contribution is 5.91. The molecule has 0 heterocycles. The molecule has 2 aromatic carbocycles. The number of primary amides is 1. The van der Waals surface area contributed by atoms with Crippen molar-refractivity contribution in [3.63, 3.8) is 0 Å². The van der Waals surface area contributed by atoms with E-state index < -0.39 is 30.0 Å². The molecule has 210 valence electrons. The second-order valence-corrected chi connectivity index (χ2v) is 10.4. The van der Waals surface area contributed by atoms with Crippen LogP contribution < -0.4 is 21.7 Å². The summed E-state index contributed by atoms with van der Waals surface area (Å²) >= 11 is 0. The average Bonchev–Trinajstić information content (AvgIpc) is 3.22. The molecule has 2 aromatic rings. The van der Waals surface area contributed by atoms with Gasteiger partial charge in [0.15, 0.2) is 0 Å². The standard InChI is InChI=1S/C30H40N4O5/c1-4-10-27(35)33-25(29(37)34-26(28(31)36)17-19(2)3)15-9-16-32-30(38)39-18-24-22-13-7-5-11-20(22)21-12-6-8-14-23(21)24/h5-8,11-14,19,24-26H,4,9-10,15-18H2,1-3H3,(H2,31,36)(H,32,38)(H,33,35)(H,34,37)/t25-,26-/m0/s1. The highest BCUT2D eigenvalue weighted by Crippen LogP contribution is 2.44. The topological polar surface area (TPSA) is 140 Å². The van der Waals surface area contributed by atoms with E-state index >= 15 is 0 Å². The summed E-state index contributed by atoms with van der Waals surface area (Å²) in [5.41, 5.74) is 10.0. The van der Waals surface area contributed by atoms with E-state index in [9.17, 15) is 19.2 Å². The molecule has 2 atom stereocenters. The van der Waals surface area contributed by atoms with E-state index in [-0.39, 0.29) is 43.7 Å². The van der Waals surface area contributed by atoms with Gasteiger partial charge in [-0.15, -0.1) is 0 Å².